The van der Waals surface area contributed by atoms with Crippen LogP contribution >= 0.6 is 0 Å². The third-order valence-corrected chi connectivity index (χ3v) is 2.46. The molecule has 0 saturated heterocycles. The van der Waals surface area contributed by atoms with Gasteiger partial charge in [0.2, 0.25) is 5.82 Å². The van der Waals surface area contributed by atoms with E-state index in [1.807, 2.05) is 0 Å². The normalized spacial score (nSPS) is 11.3. The molecule has 1 rings (SSSR count). The highest BCUT2D eigenvalue weighted by atomic mass is 19.3. The third kappa shape index (κ3) is 4.49. The summed E-state index contributed by atoms with van der Waals surface area (Å²) in [6, 6.07) is 3.58. The summed E-state index contributed by atoms with van der Waals surface area (Å²) in [6.45, 7) is -1.28. The first kappa shape index (κ1) is 15.4. The lowest BCUT2D eigenvalue weighted by Crippen LogP contribution is -2.31. The monoisotopic (exact) mass is 278 g/mol. The Labute approximate surface area is 107 Å². The van der Waals surface area contributed by atoms with Gasteiger partial charge in [0.15, 0.2) is 0 Å². The molecule has 0 aliphatic rings. The highest BCUT2D eigenvalue weighted by molar-refractivity contribution is 5.36. The molecule has 0 spiro atoms. The average Bonchev–Trinajstić information content (AvgIpc) is 2.31. The lowest BCUT2D eigenvalue weighted by molar-refractivity contribution is -0.387. The van der Waals surface area contributed by atoms with Crippen molar-refractivity contribution in [2.75, 3.05) is 19.7 Å². The van der Waals surface area contributed by atoms with Crippen molar-refractivity contribution in [2.24, 2.45) is 0 Å². The van der Waals surface area contributed by atoms with Crippen LogP contribution in [0.2, 0.25) is 0 Å². The molecule has 0 unspecified atom stereocenters. The van der Waals surface area contributed by atoms with Crippen molar-refractivity contribution in [2.45, 2.75) is 13.0 Å². The van der Waals surface area contributed by atoms with Crippen molar-refractivity contribution in [3.63, 3.8) is 0 Å². The minimum absolute atomic E-state index is 0.0525. The predicted octanol–water partition coefficient (Wildman–Crippen LogP) is 1.79. The minimum Gasteiger partial charge on any atom is -0.395 e. The van der Waals surface area contributed by atoms with Crippen LogP contribution in [0.5, 0.6) is 0 Å². The van der Waals surface area contributed by atoms with Crippen molar-refractivity contribution in [1.29, 1.82) is 0 Å². The lowest BCUT2D eigenvalue weighted by atomic mass is 10.1. The maximum Gasteiger partial charge on any atom is 0.305 e. The first-order valence-corrected chi connectivity index (χ1v) is 5.48. The van der Waals surface area contributed by atoms with E-state index in [4.69, 9.17) is 5.11 Å². The molecule has 0 aliphatic carbocycles. The molecule has 0 fully saturated rings. The average molecular weight is 278 g/mol. The van der Waals surface area contributed by atoms with E-state index in [1.165, 1.54) is 12.1 Å². The van der Waals surface area contributed by atoms with Crippen LogP contribution in [0.3, 0.4) is 0 Å². The Hall–Kier alpha value is -1.67. The Morgan fingerprint density at radius 3 is 2.63 bits per heavy atom. The number of nitrogens with zero attached hydrogens (tertiary/aromatic N) is 2. The zero-order valence-corrected chi connectivity index (χ0v) is 9.93. The molecular formula is C11H13F3N2O3. The quantitative estimate of drug-likeness (QED) is 0.610. The van der Waals surface area contributed by atoms with E-state index < -0.39 is 29.4 Å². The number of hydrogen-bond donors (Lipinski definition) is 1. The number of hydrogen-bond acceptors (Lipinski definition) is 4. The van der Waals surface area contributed by atoms with Gasteiger partial charge in [-0.1, -0.05) is 12.1 Å². The van der Waals surface area contributed by atoms with Crippen molar-refractivity contribution in [1.82, 2.24) is 4.90 Å². The summed E-state index contributed by atoms with van der Waals surface area (Å²) in [5.41, 5.74) is -0.748. The maximum atomic E-state index is 13.7. The van der Waals surface area contributed by atoms with E-state index in [2.05, 4.69) is 0 Å². The van der Waals surface area contributed by atoms with Crippen LogP contribution in [-0.4, -0.2) is 41.1 Å². The fourth-order valence-corrected chi connectivity index (χ4v) is 1.64. The number of aliphatic hydroxyl groups excluding tert-OH is 1. The molecule has 0 amide bonds. The molecule has 0 atom stereocenters. The number of halogens is 3. The van der Waals surface area contributed by atoms with Gasteiger partial charge in [-0.25, -0.2) is 8.78 Å². The topological polar surface area (TPSA) is 66.6 Å². The molecule has 5 nitrogen and oxygen atoms in total. The lowest BCUT2D eigenvalue weighted by Gasteiger charge is -2.20. The van der Waals surface area contributed by atoms with Gasteiger partial charge in [0.05, 0.1) is 18.1 Å². The van der Waals surface area contributed by atoms with Crippen molar-refractivity contribution >= 4 is 5.69 Å². The zero-order valence-electron chi connectivity index (χ0n) is 9.93. The van der Waals surface area contributed by atoms with Crippen LogP contribution < -0.4 is 0 Å². The fraction of sp³-hybridized carbons (Fsp3) is 0.455. The molecule has 0 heterocycles. The Bertz CT molecular complexity index is 443. The molecule has 0 aromatic heterocycles. The highest BCUT2D eigenvalue weighted by Gasteiger charge is 2.20. The summed E-state index contributed by atoms with van der Waals surface area (Å²) in [6.07, 6.45) is -2.63. The first-order valence-electron chi connectivity index (χ1n) is 5.48. The smallest absolute Gasteiger partial charge is 0.305 e. The Balaban J connectivity index is 2.90. The molecule has 19 heavy (non-hydrogen) atoms. The second-order valence-electron chi connectivity index (χ2n) is 3.86. The molecule has 106 valence electrons. The van der Waals surface area contributed by atoms with Crippen LogP contribution in [0.25, 0.3) is 0 Å². The molecule has 1 N–H and O–H groups in total. The number of rotatable bonds is 7. The van der Waals surface area contributed by atoms with Gasteiger partial charge in [-0.05, 0) is 0 Å². The SMILES string of the molecule is O=[N+]([O-])c1cccc(CN(CCO)CC(F)F)c1F. The third-order valence-electron chi connectivity index (χ3n) is 2.46. The van der Waals surface area contributed by atoms with E-state index in [0.29, 0.717) is 0 Å². The number of aliphatic hydroxyl groups is 1. The van der Waals surface area contributed by atoms with Gasteiger partial charge in [-0.3, -0.25) is 15.0 Å². The largest absolute Gasteiger partial charge is 0.395 e. The molecule has 1 aromatic rings. The second kappa shape index (κ2) is 7.05. The van der Waals surface area contributed by atoms with Crippen LogP contribution in [-0.2, 0) is 6.54 Å². The van der Waals surface area contributed by atoms with Crippen molar-refractivity contribution < 1.29 is 23.2 Å². The molecule has 0 aliphatic heterocycles. The summed E-state index contributed by atoms with van der Waals surface area (Å²) in [4.78, 5) is 10.8. The predicted molar refractivity (Wildman–Crippen MR) is 61.4 cm³/mol. The summed E-state index contributed by atoms with van der Waals surface area (Å²) in [7, 11) is 0. The Kier molecular flexibility index (Phi) is 5.71. The van der Waals surface area contributed by atoms with Crippen LogP contribution in [0.1, 0.15) is 5.56 Å². The Morgan fingerprint density at radius 1 is 1.42 bits per heavy atom. The van der Waals surface area contributed by atoms with E-state index in [9.17, 15) is 23.3 Å². The summed E-state index contributed by atoms with van der Waals surface area (Å²) in [5.74, 6) is -1.04. The zero-order chi connectivity index (χ0) is 14.4. The first-order chi connectivity index (χ1) is 8.95. The fourth-order valence-electron chi connectivity index (χ4n) is 1.64. The maximum absolute atomic E-state index is 13.7. The van der Waals surface area contributed by atoms with E-state index in [1.54, 1.807) is 0 Å². The Morgan fingerprint density at radius 2 is 2.11 bits per heavy atom. The molecular weight excluding hydrogens is 265 g/mol. The molecule has 0 saturated carbocycles. The van der Waals surface area contributed by atoms with Crippen molar-refractivity contribution in [3.05, 3.63) is 39.7 Å². The molecule has 8 heteroatoms. The van der Waals surface area contributed by atoms with E-state index >= 15 is 0 Å². The van der Waals surface area contributed by atoms with Gasteiger partial charge >= 0.3 is 5.69 Å². The van der Waals surface area contributed by atoms with Crippen LogP contribution in [0.15, 0.2) is 18.2 Å². The van der Waals surface area contributed by atoms with E-state index in [0.717, 1.165) is 11.0 Å². The molecule has 0 bridgehead atoms. The van der Waals surface area contributed by atoms with Crippen molar-refractivity contribution in [3.8, 4) is 0 Å². The summed E-state index contributed by atoms with van der Waals surface area (Å²) >= 11 is 0. The molecule has 0 radical (unpaired) electrons. The second-order valence-corrected chi connectivity index (χ2v) is 3.86. The standard InChI is InChI=1S/C11H13F3N2O3/c12-10(13)7-15(4-5-17)6-8-2-1-3-9(11(8)14)16(18)19/h1-3,10,17H,4-7H2. The van der Waals surface area contributed by atoms with Gasteiger partial charge in [0.1, 0.15) is 0 Å². The van der Waals surface area contributed by atoms with Gasteiger partial charge < -0.3 is 5.11 Å². The van der Waals surface area contributed by atoms with E-state index in [-0.39, 0.29) is 25.3 Å². The number of alkyl halides is 2. The van der Waals surface area contributed by atoms with Gasteiger partial charge in [0, 0.05) is 24.7 Å². The summed E-state index contributed by atoms with van der Waals surface area (Å²) < 4.78 is 38.3. The number of nitro benzene ring substituents is 1. The van der Waals surface area contributed by atoms with Gasteiger partial charge in [0.25, 0.3) is 6.43 Å². The highest BCUT2D eigenvalue weighted by Crippen LogP contribution is 2.21. The number of nitro groups is 1. The van der Waals surface area contributed by atoms with Gasteiger partial charge in [-0.15, -0.1) is 0 Å². The van der Waals surface area contributed by atoms with Gasteiger partial charge in [-0.2, -0.15) is 4.39 Å². The van der Waals surface area contributed by atoms with Crippen LogP contribution in [0, 0.1) is 15.9 Å². The minimum atomic E-state index is -2.63. The molecule has 1 aromatic carbocycles. The van der Waals surface area contributed by atoms with Crippen LogP contribution in [0.4, 0.5) is 18.9 Å². The number of benzene rings is 1. The summed E-state index contributed by atoms with van der Waals surface area (Å²) in [5, 5.41) is 19.3.